The third-order valence-electron chi connectivity index (χ3n) is 4.25. The molecule has 2 aliphatic rings. The van der Waals surface area contributed by atoms with Crippen LogP contribution >= 0.6 is 27.5 Å². The Labute approximate surface area is 134 Å². The Morgan fingerprint density at radius 1 is 1.25 bits per heavy atom. The summed E-state index contributed by atoms with van der Waals surface area (Å²) in [4.78, 5) is 5.07. The molecule has 0 spiro atoms. The van der Waals surface area contributed by atoms with Crippen LogP contribution in [0.2, 0.25) is 5.02 Å². The zero-order chi connectivity index (χ0) is 13.9. The lowest BCUT2D eigenvalue weighted by molar-refractivity contribution is 0.0209. The molecule has 2 saturated heterocycles. The van der Waals surface area contributed by atoms with Crippen LogP contribution in [0.1, 0.15) is 12.0 Å². The third-order valence-corrected chi connectivity index (χ3v) is 5.09. The van der Waals surface area contributed by atoms with E-state index in [-0.39, 0.29) is 0 Å². The summed E-state index contributed by atoms with van der Waals surface area (Å²) in [7, 11) is 0. The molecular formula is C15H20BrClN2O. The average Bonchev–Trinajstić information content (AvgIpc) is 2.97. The Hall–Kier alpha value is -0.290. The summed E-state index contributed by atoms with van der Waals surface area (Å²) < 4.78 is 5.44. The van der Waals surface area contributed by atoms with Gasteiger partial charge < -0.3 is 9.64 Å². The molecule has 3 rings (SSSR count). The third kappa shape index (κ3) is 3.14. The van der Waals surface area contributed by atoms with E-state index in [2.05, 4.69) is 37.9 Å². The fourth-order valence-electron chi connectivity index (χ4n) is 3.17. The van der Waals surface area contributed by atoms with E-state index < -0.39 is 0 Å². The molecule has 20 heavy (non-hydrogen) atoms. The summed E-state index contributed by atoms with van der Waals surface area (Å²) in [5.74, 6) is 0. The van der Waals surface area contributed by atoms with Gasteiger partial charge in [-0.2, -0.15) is 0 Å². The highest BCUT2D eigenvalue weighted by Crippen LogP contribution is 2.30. The van der Waals surface area contributed by atoms with E-state index in [1.54, 1.807) is 0 Å². The minimum absolute atomic E-state index is 0.665. The summed E-state index contributed by atoms with van der Waals surface area (Å²) in [6.45, 7) is 6.15. The van der Waals surface area contributed by atoms with Crippen molar-refractivity contribution in [1.82, 2.24) is 4.90 Å². The maximum absolute atomic E-state index is 6.09. The van der Waals surface area contributed by atoms with Crippen molar-refractivity contribution in [3.63, 3.8) is 0 Å². The number of ether oxygens (including phenoxy) is 1. The first-order valence-electron chi connectivity index (χ1n) is 7.19. The number of benzene rings is 1. The second kappa shape index (κ2) is 6.65. The normalized spacial score (nSPS) is 24.3. The molecule has 1 atom stereocenters. The molecule has 110 valence electrons. The fourth-order valence-corrected chi connectivity index (χ4v) is 3.81. The van der Waals surface area contributed by atoms with Gasteiger partial charge in [0.05, 0.1) is 13.2 Å². The maximum Gasteiger partial charge on any atom is 0.0594 e. The first-order valence-corrected chi connectivity index (χ1v) is 8.69. The van der Waals surface area contributed by atoms with Crippen molar-refractivity contribution in [1.29, 1.82) is 0 Å². The number of hydrogen-bond donors (Lipinski definition) is 0. The van der Waals surface area contributed by atoms with Gasteiger partial charge in [0.25, 0.3) is 0 Å². The van der Waals surface area contributed by atoms with Crippen molar-refractivity contribution in [3.05, 3.63) is 28.8 Å². The molecule has 2 aliphatic heterocycles. The molecule has 1 unspecified atom stereocenters. The van der Waals surface area contributed by atoms with Gasteiger partial charge in [-0.25, -0.2) is 0 Å². The molecule has 0 amide bonds. The molecule has 0 radical (unpaired) electrons. The largest absolute Gasteiger partial charge is 0.379 e. The number of anilines is 1. The van der Waals surface area contributed by atoms with Crippen LogP contribution in [-0.2, 0) is 10.1 Å². The van der Waals surface area contributed by atoms with Gasteiger partial charge in [0.1, 0.15) is 0 Å². The average molecular weight is 360 g/mol. The standard InChI is InChI=1S/C15H20BrClN2O/c16-10-12-9-13(17)1-2-15(12)19-4-3-14(11-19)18-5-7-20-8-6-18/h1-2,9,14H,3-8,10-11H2. The van der Waals surface area contributed by atoms with Crippen LogP contribution in [0.15, 0.2) is 18.2 Å². The fraction of sp³-hybridized carbons (Fsp3) is 0.600. The zero-order valence-electron chi connectivity index (χ0n) is 11.5. The van der Waals surface area contributed by atoms with Gasteiger partial charge in [-0.3, -0.25) is 4.90 Å². The number of alkyl halides is 1. The van der Waals surface area contributed by atoms with Crippen molar-refractivity contribution in [2.45, 2.75) is 17.8 Å². The Morgan fingerprint density at radius 2 is 2.05 bits per heavy atom. The summed E-state index contributed by atoms with van der Waals surface area (Å²) in [6.07, 6.45) is 1.24. The maximum atomic E-state index is 6.09. The van der Waals surface area contributed by atoms with Gasteiger partial charge in [-0.15, -0.1) is 0 Å². The number of rotatable bonds is 3. The predicted molar refractivity (Wildman–Crippen MR) is 87.1 cm³/mol. The van der Waals surface area contributed by atoms with E-state index in [9.17, 15) is 0 Å². The molecule has 0 N–H and O–H groups in total. The van der Waals surface area contributed by atoms with Crippen LogP contribution in [-0.4, -0.2) is 50.3 Å². The van der Waals surface area contributed by atoms with Crippen molar-refractivity contribution >= 4 is 33.2 Å². The number of hydrogen-bond acceptors (Lipinski definition) is 3. The molecule has 5 heteroatoms. The van der Waals surface area contributed by atoms with Gasteiger partial charge in [0.15, 0.2) is 0 Å². The van der Waals surface area contributed by atoms with Crippen LogP contribution in [0.3, 0.4) is 0 Å². The molecule has 3 nitrogen and oxygen atoms in total. The monoisotopic (exact) mass is 358 g/mol. The topological polar surface area (TPSA) is 15.7 Å². The highest BCUT2D eigenvalue weighted by atomic mass is 79.9. The van der Waals surface area contributed by atoms with E-state index in [4.69, 9.17) is 16.3 Å². The van der Waals surface area contributed by atoms with Crippen molar-refractivity contribution in [2.24, 2.45) is 0 Å². The van der Waals surface area contributed by atoms with E-state index in [0.717, 1.165) is 49.7 Å². The van der Waals surface area contributed by atoms with Gasteiger partial charge in [-0.05, 0) is 30.2 Å². The zero-order valence-corrected chi connectivity index (χ0v) is 13.9. The highest BCUT2D eigenvalue weighted by molar-refractivity contribution is 9.08. The van der Waals surface area contributed by atoms with Crippen molar-refractivity contribution in [2.75, 3.05) is 44.3 Å². The molecule has 0 bridgehead atoms. The van der Waals surface area contributed by atoms with E-state index in [1.807, 2.05) is 6.07 Å². The van der Waals surface area contributed by atoms with Gasteiger partial charge >= 0.3 is 0 Å². The first-order chi connectivity index (χ1) is 9.78. The number of morpholine rings is 1. The van der Waals surface area contributed by atoms with Crippen LogP contribution < -0.4 is 4.90 Å². The van der Waals surface area contributed by atoms with E-state index >= 15 is 0 Å². The van der Waals surface area contributed by atoms with Crippen LogP contribution in [0.25, 0.3) is 0 Å². The highest BCUT2D eigenvalue weighted by Gasteiger charge is 2.29. The van der Waals surface area contributed by atoms with Gasteiger partial charge in [-0.1, -0.05) is 27.5 Å². The Morgan fingerprint density at radius 3 is 2.80 bits per heavy atom. The first kappa shape index (κ1) is 14.6. The molecular weight excluding hydrogens is 340 g/mol. The summed E-state index contributed by atoms with van der Waals surface area (Å²) in [5, 5.41) is 1.66. The van der Waals surface area contributed by atoms with Crippen molar-refractivity contribution in [3.8, 4) is 0 Å². The number of nitrogens with zero attached hydrogens (tertiary/aromatic N) is 2. The second-order valence-corrected chi connectivity index (χ2v) is 6.44. The van der Waals surface area contributed by atoms with Crippen LogP contribution in [0.5, 0.6) is 0 Å². The molecule has 1 aromatic rings. The lowest BCUT2D eigenvalue weighted by Crippen LogP contribution is -2.44. The Balaban J connectivity index is 1.70. The lowest BCUT2D eigenvalue weighted by Gasteiger charge is -2.32. The Kier molecular flexibility index (Phi) is 4.87. The summed E-state index contributed by atoms with van der Waals surface area (Å²) >= 11 is 9.66. The van der Waals surface area contributed by atoms with Crippen molar-refractivity contribution < 1.29 is 4.74 Å². The van der Waals surface area contributed by atoms with Gasteiger partial charge in [0.2, 0.25) is 0 Å². The Bertz CT molecular complexity index is 465. The molecule has 2 fully saturated rings. The van der Waals surface area contributed by atoms with Crippen LogP contribution in [0, 0.1) is 0 Å². The van der Waals surface area contributed by atoms with Gasteiger partial charge in [0, 0.05) is 48.3 Å². The SMILES string of the molecule is Clc1ccc(N2CCC(N3CCOCC3)C2)c(CBr)c1. The second-order valence-electron chi connectivity index (χ2n) is 5.44. The summed E-state index contributed by atoms with van der Waals surface area (Å²) in [6, 6.07) is 6.87. The van der Waals surface area contributed by atoms with E-state index in [0.29, 0.717) is 6.04 Å². The predicted octanol–water partition coefficient (Wildman–Crippen LogP) is 3.15. The smallest absolute Gasteiger partial charge is 0.0594 e. The number of halogens is 2. The van der Waals surface area contributed by atoms with E-state index in [1.165, 1.54) is 17.7 Å². The molecule has 1 aromatic carbocycles. The molecule has 2 heterocycles. The molecule has 0 aliphatic carbocycles. The van der Waals surface area contributed by atoms with Crippen LogP contribution in [0.4, 0.5) is 5.69 Å². The molecule has 0 saturated carbocycles. The molecule has 0 aromatic heterocycles. The minimum Gasteiger partial charge on any atom is -0.379 e. The minimum atomic E-state index is 0.665. The summed E-state index contributed by atoms with van der Waals surface area (Å²) in [5.41, 5.74) is 2.60. The lowest BCUT2D eigenvalue weighted by atomic mass is 10.2. The quantitative estimate of drug-likeness (QED) is 0.771.